The van der Waals surface area contributed by atoms with E-state index in [-0.39, 0.29) is 28.3 Å². The lowest BCUT2D eigenvalue weighted by atomic mass is 9.88. The molecule has 0 bridgehead atoms. The molecular formula is C20H19F4N3O4. The van der Waals surface area contributed by atoms with Gasteiger partial charge in [-0.25, -0.2) is 4.39 Å². The molecule has 3 rings (SSSR count). The van der Waals surface area contributed by atoms with Crippen LogP contribution in [0.1, 0.15) is 34.0 Å². The topological polar surface area (TPSA) is 104 Å². The smallest absolute Gasteiger partial charge is 0.414 e. The van der Waals surface area contributed by atoms with Crippen LogP contribution >= 0.6 is 0 Å². The fourth-order valence-electron chi connectivity index (χ4n) is 3.53. The Balaban J connectivity index is 1.96. The summed E-state index contributed by atoms with van der Waals surface area (Å²) in [7, 11) is 1.26. The number of nitrogens with two attached hydrogens (primary N) is 1. The standard InChI is InChI=1S/C20H19F4N3O4/c1-9-13(21)4-3-11(16(9)30-2)12-8-15(20(22,23)24)31-17(12)19(29)27-10-5-6-26-14(7-10)18(25)28/h3-7,12,15,17H,8H2,1-2H3,(H2,25,28)(H,26,27,29)/t12-,15-,17-/m0/s1. The number of nitrogens with one attached hydrogen (secondary N) is 1. The van der Waals surface area contributed by atoms with E-state index in [9.17, 15) is 27.2 Å². The molecule has 3 atom stereocenters. The van der Waals surface area contributed by atoms with Gasteiger partial charge in [0.15, 0.2) is 6.10 Å². The first-order valence-corrected chi connectivity index (χ1v) is 9.14. The highest BCUT2D eigenvalue weighted by atomic mass is 19.4. The van der Waals surface area contributed by atoms with Gasteiger partial charge in [-0.15, -0.1) is 0 Å². The Bertz CT molecular complexity index is 1010. The molecule has 0 aliphatic carbocycles. The van der Waals surface area contributed by atoms with Crippen LogP contribution < -0.4 is 15.8 Å². The quantitative estimate of drug-likeness (QED) is 0.695. The molecule has 11 heteroatoms. The van der Waals surface area contributed by atoms with Crippen molar-refractivity contribution in [2.24, 2.45) is 5.73 Å². The number of pyridine rings is 1. The highest BCUT2D eigenvalue weighted by molar-refractivity contribution is 5.97. The Kier molecular flexibility index (Phi) is 6.16. The van der Waals surface area contributed by atoms with Gasteiger partial charge in [-0.2, -0.15) is 13.2 Å². The molecule has 0 saturated carbocycles. The van der Waals surface area contributed by atoms with Crippen LogP contribution in [0.3, 0.4) is 0 Å². The van der Waals surface area contributed by atoms with Gasteiger partial charge < -0.3 is 20.5 Å². The number of primary amides is 1. The minimum atomic E-state index is -4.70. The lowest BCUT2D eigenvalue weighted by Crippen LogP contribution is -2.34. The maximum absolute atomic E-state index is 13.9. The number of halogens is 4. The van der Waals surface area contributed by atoms with Crippen LogP contribution in [-0.4, -0.2) is 42.3 Å². The van der Waals surface area contributed by atoms with Crippen molar-refractivity contribution < 1.29 is 36.6 Å². The molecule has 2 heterocycles. The van der Waals surface area contributed by atoms with Gasteiger partial charge in [0, 0.05) is 28.9 Å². The number of rotatable bonds is 5. The number of ether oxygens (including phenoxy) is 2. The number of anilines is 1. The van der Waals surface area contributed by atoms with Crippen molar-refractivity contribution in [1.82, 2.24) is 4.98 Å². The van der Waals surface area contributed by atoms with Crippen LogP contribution in [0.15, 0.2) is 30.5 Å². The van der Waals surface area contributed by atoms with Crippen LogP contribution in [-0.2, 0) is 9.53 Å². The molecule has 0 radical (unpaired) electrons. The fraction of sp³-hybridized carbons (Fsp3) is 0.350. The van der Waals surface area contributed by atoms with Crippen LogP contribution in [0, 0.1) is 12.7 Å². The van der Waals surface area contributed by atoms with Crippen molar-refractivity contribution in [2.45, 2.75) is 37.6 Å². The maximum atomic E-state index is 13.9. The highest BCUT2D eigenvalue weighted by Gasteiger charge is 2.52. The molecule has 0 spiro atoms. The molecule has 0 unspecified atom stereocenters. The summed E-state index contributed by atoms with van der Waals surface area (Å²) in [5.74, 6) is -3.31. The highest BCUT2D eigenvalue weighted by Crippen LogP contribution is 2.45. The van der Waals surface area contributed by atoms with Gasteiger partial charge in [0.05, 0.1) is 7.11 Å². The van der Waals surface area contributed by atoms with Crippen molar-refractivity contribution in [1.29, 1.82) is 0 Å². The van der Waals surface area contributed by atoms with Gasteiger partial charge in [-0.1, -0.05) is 6.07 Å². The lowest BCUT2D eigenvalue weighted by molar-refractivity contribution is -0.213. The third kappa shape index (κ3) is 4.61. The minimum Gasteiger partial charge on any atom is -0.496 e. The van der Waals surface area contributed by atoms with E-state index >= 15 is 0 Å². The molecule has 3 N–H and O–H groups in total. The van der Waals surface area contributed by atoms with Crippen molar-refractivity contribution in [3.63, 3.8) is 0 Å². The second kappa shape index (κ2) is 8.50. The zero-order chi connectivity index (χ0) is 22.9. The maximum Gasteiger partial charge on any atom is 0.414 e. The number of carbonyl (C=O) groups excluding carboxylic acids is 2. The monoisotopic (exact) mass is 441 g/mol. The summed E-state index contributed by atoms with van der Waals surface area (Å²) >= 11 is 0. The zero-order valence-corrected chi connectivity index (χ0v) is 16.5. The Morgan fingerprint density at radius 1 is 1.29 bits per heavy atom. The van der Waals surface area contributed by atoms with Crippen LogP contribution in [0.25, 0.3) is 0 Å². The Morgan fingerprint density at radius 2 is 2.00 bits per heavy atom. The summed E-state index contributed by atoms with van der Waals surface area (Å²) in [6, 6.07) is 4.92. The first kappa shape index (κ1) is 22.5. The Labute approximate surface area is 174 Å². The normalized spacial score (nSPS) is 21.0. The van der Waals surface area contributed by atoms with Crippen molar-refractivity contribution in [3.05, 3.63) is 53.1 Å². The van der Waals surface area contributed by atoms with Gasteiger partial charge >= 0.3 is 6.18 Å². The predicted molar refractivity (Wildman–Crippen MR) is 101 cm³/mol. The van der Waals surface area contributed by atoms with Gasteiger partial charge in [-0.05, 0) is 31.5 Å². The van der Waals surface area contributed by atoms with Crippen molar-refractivity contribution in [3.8, 4) is 5.75 Å². The van der Waals surface area contributed by atoms with Crippen molar-refractivity contribution >= 4 is 17.5 Å². The van der Waals surface area contributed by atoms with Gasteiger partial charge in [0.2, 0.25) is 0 Å². The number of aromatic nitrogens is 1. The average Bonchev–Trinajstić information content (AvgIpc) is 3.16. The van der Waals surface area contributed by atoms with E-state index in [2.05, 4.69) is 10.3 Å². The summed E-state index contributed by atoms with van der Waals surface area (Å²) in [5.41, 5.74) is 5.45. The predicted octanol–water partition coefficient (Wildman–Crippen LogP) is 3.08. The molecule has 1 aromatic carbocycles. The van der Waals surface area contributed by atoms with E-state index in [4.69, 9.17) is 15.2 Å². The molecular weight excluding hydrogens is 422 g/mol. The number of hydrogen-bond donors (Lipinski definition) is 2. The number of hydrogen-bond acceptors (Lipinski definition) is 5. The minimum absolute atomic E-state index is 0.0501. The second-order valence-electron chi connectivity index (χ2n) is 7.01. The third-order valence-corrected chi connectivity index (χ3v) is 5.02. The largest absolute Gasteiger partial charge is 0.496 e. The van der Waals surface area contributed by atoms with E-state index in [0.29, 0.717) is 0 Å². The molecule has 1 aliphatic rings. The summed E-state index contributed by atoms with van der Waals surface area (Å²) in [6.45, 7) is 1.42. The Morgan fingerprint density at radius 3 is 2.61 bits per heavy atom. The van der Waals surface area contributed by atoms with Crippen molar-refractivity contribution in [2.75, 3.05) is 12.4 Å². The molecule has 2 amide bonds. The fourth-order valence-corrected chi connectivity index (χ4v) is 3.53. The molecule has 31 heavy (non-hydrogen) atoms. The first-order valence-electron chi connectivity index (χ1n) is 9.14. The van der Waals surface area contributed by atoms with E-state index in [1.165, 1.54) is 38.4 Å². The third-order valence-electron chi connectivity index (χ3n) is 5.02. The summed E-state index contributed by atoms with van der Waals surface area (Å²) < 4.78 is 64.3. The number of benzene rings is 1. The van der Waals surface area contributed by atoms with E-state index in [1.54, 1.807) is 0 Å². The number of amides is 2. The lowest BCUT2D eigenvalue weighted by Gasteiger charge is -2.21. The average molecular weight is 441 g/mol. The van der Waals surface area contributed by atoms with Crippen LogP contribution in [0.5, 0.6) is 5.75 Å². The number of nitrogens with zero attached hydrogens (tertiary/aromatic N) is 1. The summed E-state index contributed by atoms with van der Waals surface area (Å²) in [4.78, 5) is 27.9. The van der Waals surface area contributed by atoms with E-state index in [1.807, 2.05) is 0 Å². The SMILES string of the molecule is COc1c([C@@H]2C[C@@H](C(F)(F)F)O[C@@H]2C(=O)Nc2ccnc(C(N)=O)c2)ccc(F)c1C. The molecule has 7 nitrogen and oxygen atoms in total. The number of carbonyl (C=O) groups is 2. The van der Waals surface area contributed by atoms with Gasteiger partial charge in [0.25, 0.3) is 11.8 Å². The van der Waals surface area contributed by atoms with Crippen LogP contribution in [0.4, 0.5) is 23.2 Å². The van der Waals surface area contributed by atoms with E-state index in [0.717, 1.165) is 6.07 Å². The molecule has 2 aromatic rings. The number of methoxy groups -OCH3 is 1. The summed E-state index contributed by atoms with van der Waals surface area (Å²) in [6.07, 6.45) is -7.78. The van der Waals surface area contributed by atoms with Crippen LogP contribution in [0.2, 0.25) is 0 Å². The van der Waals surface area contributed by atoms with E-state index < -0.39 is 48.4 Å². The zero-order valence-electron chi connectivity index (χ0n) is 16.5. The molecule has 1 fully saturated rings. The molecule has 1 saturated heterocycles. The first-order chi connectivity index (χ1) is 14.5. The summed E-state index contributed by atoms with van der Waals surface area (Å²) in [5, 5.41) is 2.42. The number of alkyl halides is 3. The van der Waals surface area contributed by atoms with Gasteiger partial charge in [0.1, 0.15) is 23.4 Å². The Hall–Kier alpha value is -3.21. The molecule has 166 valence electrons. The molecule has 1 aliphatic heterocycles. The molecule has 1 aromatic heterocycles. The van der Waals surface area contributed by atoms with Gasteiger partial charge in [-0.3, -0.25) is 14.6 Å². The second-order valence-corrected chi connectivity index (χ2v) is 7.01.